The fourth-order valence-corrected chi connectivity index (χ4v) is 1.92. The minimum atomic E-state index is -0.638. The molecule has 2 aromatic carbocycles. The number of ether oxygens (including phenoxy) is 1. The van der Waals surface area contributed by atoms with Crippen LogP contribution in [0.3, 0.4) is 0 Å². The van der Waals surface area contributed by atoms with Crippen molar-refractivity contribution in [2.75, 3.05) is 6.54 Å². The van der Waals surface area contributed by atoms with E-state index in [0.717, 1.165) is 0 Å². The molecule has 2 aromatic rings. The summed E-state index contributed by atoms with van der Waals surface area (Å²) in [5.41, 5.74) is 5.90. The fraction of sp³-hybridized carbons (Fsp3) is 0.125. The van der Waals surface area contributed by atoms with Crippen molar-refractivity contribution < 1.29 is 19.2 Å². The molecular formula is C16H15N3O5. The number of non-ortho nitro benzene ring substituents is 1. The van der Waals surface area contributed by atoms with E-state index in [2.05, 4.69) is 5.32 Å². The molecule has 8 heteroatoms. The van der Waals surface area contributed by atoms with Crippen LogP contribution in [0.4, 0.5) is 5.69 Å². The Morgan fingerprint density at radius 1 is 1.17 bits per heavy atom. The topological polar surface area (TPSA) is 125 Å². The molecule has 0 saturated carbocycles. The molecule has 0 atom stereocenters. The first-order chi connectivity index (χ1) is 11.5. The van der Waals surface area contributed by atoms with Crippen LogP contribution in [0.1, 0.15) is 15.9 Å². The minimum Gasteiger partial charge on any atom is -0.489 e. The summed E-state index contributed by atoms with van der Waals surface area (Å²) in [4.78, 5) is 32.8. The molecule has 2 rings (SSSR count). The average molecular weight is 329 g/mol. The van der Waals surface area contributed by atoms with Gasteiger partial charge in [-0.2, -0.15) is 0 Å². The normalized spacial score (nSPS) is 10.0. The maximum atomic E-state index is 11.8. The molecule has 24 heavy (non-hydrogen) atoms. The number of carbonyl (C=O) groups is 2. The monoisotopic (exact) mass is 329 g/mol. The van der Waals surface area contributed by atoms with Crippen LogP contribution in [0.15, 0.2) is 48.5 Å². The number of nitro benzene ring substituents is 1. The summed E-state index contributed by atoms with van der Waals surface area (Å²) in [5, 5.41) is 13.1. The van der Waals surface area contributed by atoms with Crippen LogP contribution in [0.5, 0.6) is 5.75 Å². The highest BCUT2D eigenvalue weighted by molar-refractivity contribution is 5.96. The zero-order chi connectivity index (χ0) is 17.5. The molecule has 124 valence electrons. The van der Waals surface area contributed by atoms with Gasteiger partial charge in [-0.1, -0.05) is 18.2 Å². The van der Waals surface area contributed by atoms with Crippen LogP contribution in [-0.2, 0) is 11.4 Å². The summed E-state index contributed by atoms with van der Waals surface area (Å²) in [6.07, 6.45) is 0. The summed E-state index contributed by atoms with van der Waals surface area (Å²) < 4.78 is 5.55. The number of rotatable bonds is 7. The second-order valence-electron chi connectivity index (χ2n) is 4.89. The number of hydrogen-bond donors (Lipinski definition) is 2. The highest BCUT2D eigenvalue weighted by Gasteiger charge is 2.09. The SMILES string of the molecule is NC(=O)CNC(=O)c1cccc(OCc2cccc([N+](=O)[O-])c2)c1. The van der Waals surface area contributed by atoms with E-state index in [1.165, 1.54) is 18.2 Å². The Balaban J connectivity index is 2.02. The van der Waals surface area contributed by atoms with Gasteiger partial charge in [0.2, 0.25) is 5.91 Å². The van der Waals surface area contributed by atoms with E-state index in [1.54, 1.807) is 30.3 Å². The molecule has 0 spiro atoms. The summed E-state index contributed by atoms with van der Waals surface area (Å²) in [6.45, 7) is -0.133. The van der Waals surface area contributed by atoms with E-state index in [0.29, 0.717) is 16.9 Å². The van der Waals surface area contributed by atoms with Gasteiger partial charge in [0.25, 0.3) is 11.6 Å². The van der Waals surface area contributed by atoms with Gasteiger partial charge in [-0.05, 0) is 23.8 Å². The highest BCUT2D eigenvalue weighted by atomic mass is 16.6. The third-order valence-electron chi connectivity index (χ3n) is 3.05. The van der Waals surface area contributed by atoms with Crippen molar-refractivity contribution in [1.29, 1.82) is 0 Å². The third kappa shape index (κ3) is 4.80. The van der Waals surface area contributed by atoms with Crippen LogP contribution in [0, 0.1) is 10.1 Å². The van der Waals surface area contributed by atoms with Gasteiger partial charge in [0.15, 0.2) is 0 Å². The Hall–Kier alpha value is -3.42. The lowest BCUT2D eigenvalue weighted by atomic mass is 10.2. The smallest absolute Gasteiger partial charge is 0.269 e. The molecule has 0 heterocycles. The number of nitrogens with one attached hydrogen (secondary N) is 1. The maximum Gasteiger partial charge on any atom is 0.269 e. The molecular weight excluding hydrogens is 314 g/mol. The summed E-state index contributed by atoms with van der Waals surface area (Å²) >= 11 is 0. The number of nitrogens with zero attached hydrogens (tertiary/aromatic N) is 1. The predicted molar refractivity (Wildman–Crippen MR) is 85.4 cm³/mol. The predicted octanol–water partition coefficient (Wildman–Crippen LogP) is 1.39. The molecule has 0 unspecified atom stereocenters. The van der Waals surface area contributed by atoms with Gasteiger partial charge in [-0.3, -0.25) is 19.7 Å². The van der Waals surface area contributed by atoms with Gasteiger partial charge < -0.3 is 15.8 Å². The maximum absolute atomic E-state index is 11.8. The average Bonchev–Trinajstić information content (AvgIpc) is 2.58. The molecule has 3 N–H and O–H groups in total. The molecule has 0 radical (unpaired) electrons. The minimum absolute atomic E-state index is 0.0179. The molecule has 0 bridgehead atoms. The van der Waals surface area contributed by atoms with Crippen molar-refractivity contribution in [1.82, 2.24) is 5.32 Å². The Bertz CT molecular complexity index is 776. The fourth-order valence-electron chi connectivity index (χ4n) is 1.92. The number of nitrogens with two attached hydrogens (primary N) is 1. The molecule has 2 amide bonds. The number of nitro groups is 1. The largest absolute Gasteiger partial charge is 0.489 e. The number of carbonyl (C=O) groups excluding carboxylic acids is 2. The second kappa shape index (κ2) is 7.73. The molecule has 0 aliphatic carbocycles. The van der Waals surface area contributed by atoms with Gasteiger partial charge >= 0.3 is 0 Å². The molecule has 8 nitrogen and oxygen atoms in total. The molecule has 0 aliphatic rings. The van der Waals surface area contributed by atoms with Crippen molar-refractivity contribution in [3.05, 3.63) is 69.8 Å². The van der Waals surface area contributed by atoms with E-state index in [9.17, 15) is 19.7 Å². The Labute approximate surface area is 137 Å². The number of primary amides is 1. The van der Waals surface area contributed by atoms with E-state index in [1.807, 2.05) is 0 Å². The highest BCUT2D eigenvalue weighted by Crippen LogP contribution is 2.17. The van der Waals surface area contributed by atoms with Crippen molar-refractivity contribution in [3.63, 3.8) is 0 Å². The molecule has 0 fully saturated rings. The summed E-state index contributed by atoms with van der Waals surface area (Å²) in [5.74, 6) is -0.663. The molecule has 0 aromatic heterocycles. The van der Waals surface area contributed by atoms with Crippen molar-refractivity contribution in [2.24, 2.45) is 5.73 Å². The molecule has 0 aliphatic heterocycles. The van der Waals surface area contributed by atoms with Gasteiger partial charge in [-0.25, -0.2) is 0 Å². The standard InChI is InChI=1S/C16H15N3O5/c17-15(20)9-18-16(21)12-4-2-6-14(8-12)24-10-11-3-1-5-13(7-11)19(22)23/h1-8H,9-10H2,(H2,17,20)(H,18,21). The quantitative estimate of drug-likeness (QED) is 0.586. The van der Waals surface area contributed by atoms with Gasteiger partial charge in [0.1, 0.15) is 12.4 Å². The van der Waals surface area contributed by atoms with E-state index in [4.69, 9.17) is 10.5 Å². The molecule has 0 saturated heterocycles. The van der Waals surface area contributed by atoms with Crippen LogP contribution in [0.25, 0.3) is 0 Å². The van der Waals surface area contributed by atoms with Crippen molar-refractivity contribution >= 4 is 17.5 Å². The first-order valence-electron chi connectivity index (χ1n) is 6.98. The Kier molecular flexibility index (Phi) is 5.45. The lowest BCUT2D eigenvalue weighted by Crippen LogP contribution is -2.33. The van der Waals surface area contributed by atoms with E-state index < -0.39 is 16.7 Å². The van der Waals surface area contributed by atoms with Crippen LogP contribution in [0.2, 0.25) is 0 Å². The van der Waals surface area contributed by atoms with E-state index >= 15 is 0 Å². The van der Waals surface area contributed by atoms with Crippen LogP contribution >= 0.6 is 0 Å². The summed E-state index contributed by atoms with van der Waals surface area (Å²) in [6, 6.07) is 12.5. The lowest BCUT2D eigenvalue weighted by molar-refractivity contribution is -0.384. The van der Waals surface area contributed by atoms with Crippen LogP contribution < -0.4 is 15.8 Å². The number of amides is 2. The Morgan fingerprint density at radius 3 is 2.62 bits per heavy atom. The van der Waals surface area contributed by atoms with Gasteiger partial charge in [0.05, 0.1) is 11.5 Å². The van der Waals surface area contributed by atoms with Crippen LogP contribution in [-0.4, -0.2) is 23.3 Å². The van der Waals surface area contributed by atoms with Gasteiger partial charge in [0, 0.05) is 17.7 Å². The lowest BCUT2D eigenvalue weighted by Gasteiger charge is -2.08. The Morgan fingerprint density at radius 2 is 1.92 bits per heavy atom. The first kappa shape index (κ1) is 16.9. The van der Waals surface area contributed by atoms with E-state index in [-0.39, 0.29) is 18.8 Å². The van der Waals surface area contributed by atoms with Gasteiger partial charge in [-0.15, -0.1) is 0 Å². The van der Waals surface area contributed by atoms with Crippen molar-refractivity contribution in [2.45, 2.75) is 6.61 Å². The third-order valence-corrected chi connectivity index (χ3v) is 3.05. The zero-order valence-corrected chi connectivity index (χ0v) is 12.6. The summed E-state index contributed by atoms with van der Waals surface area (Å²) in [7, 11) is 0. The zero-order valence-electron chi connectivity index (χ0n) is 12.6. The number of hydrogen-bond acceptors (Lipinski definition) is 5. The number of benzene rings is 2. The van der Waals surface area contributed by atoms with Crippen molar-refractivity contribution in [3.8, 4) is 5.75 Å². The second-order valence-corrected chi connectivity index (χ2v) is 4.89. The first-order valence-corrected chi connectivity index (χ1v) is 6.98.